The fraction of sp³-hybridized carbons (Fsp3) is 0.125. The molecule has 0 aliphatic carbocycles. The lowest BCUT2D eigenvalue weighted by atomic mass is 10.3. The number of ether oxygens (including phenoxy) is 1. The number of aromatic nitrogens is 3. The number of benzene rings is 1. The third-order valence-corrected chi connectivity index (χ3v) is 3.89. The van der Waals surface area contributed by atoms with Crippen LogP contribution >= 0.6 is 11.3 Å². The van der Waals surface area contributed by atoms with Crippen molar-refractivity contribution in [2.24, 2.45) is 0 Å². The first-order chi connectivity index (χ1) is 11.6. The number of halogens is 1. The zero-order chi connectivity index (χ0) is 16.9. The van der Waals surface area contributed by atoms with Crippen LogP contribution in [0.5, 0.6) is 5.88 Å². The summed E-state index contributed by atoms with van der Waals surface area (Å²) in [5.41, 5.74) is 1.52. The fourth-order valence-electron chi connectivity index (χ4n) is 1.80. The van der Waals surface area contributed by atoms with Crippen LogP contribution in [0.25, 0.3) is 0 Å². The minimum absolute atomic E-state index is 0.178. The Morgan fingerprint density at radius 1 is 1.21 bits per heavy atom. The topological polar surface area (TPSA) is 77.0 Å². The lowest BCUT2D eigenvalue weighted by Gasteiger charge is -2.02. The number of nitrogens with one attached hydrogen (secondary N) is 1. The third kappa shape index (κ3) is 4.11. The Labute approximate surface area is 141 Å². The van der Waals surface area contributed by atoms with Crippen molar-refractivity contribution in [2.75, 3.05) is 5.32 Å². The summed E-state index contributed by atoms with van der Waals surface area (Å²) in [5, 5.41) is 11.1. The monoisotopic (exact) mass is 344 g/mol. The van der Waals surface area contributed by atoms with E-state index in [4.69, 9.17) is 4.74 Å². The minimum Gasteiger partial charge on any atom is -0.470 e. The number of hydrogen-bond acceptors (Lipinski definition) is 6. The van der Waals surface area contributed by atoms with Gasteiger partial charge in [-0.05, 0) is 36.8 Å². The van der Waals surface area contributed by atoms with Crippen LogP contribution < -0.4 is 10.1 Å². The molecule has 0 saturated heterocycles. The molecule has 122 valence electrons. The molecule has 0 bridgehead atoms. The van der Waals surface area contributed by atoms with Gasteiger partial charge in [-0.2, -0.15) is 0 Å². The summed E-state index contributed by atoms with van der Waals surface area (Å²) < 4.78 is 18.3. The number of aryl methyl sites for hydroxylation is 1. The van der Waals surface area contributed by atoms with Crippen molar-refractivity contribution in [3.05, 3.63) is 64.0 Å². The quantitative estimate of drug-likeness (QED) is 0.769. The van der Waals surface area contributed by atoms with Crippen LogP contribution in [-0.4, -0.2) is 21.1 Å². The molecular formula is C16H13FN4O2S. The summed E-state index contributed by atoms with van der Waals surface area (Å²) in [6.45, 7) is 2.12. The van der Waals surface area contributed by atoms with E-state index in [2.05, 4.69) is 20.5 Å². The fourth-order valence-corrected chi connectivity index (χ4v) is 2.44. The lowest BCUT2D eigenvalue weighted by Crippen LogP contribution is -2.11. The van der Waals surface area contributed by atoms with E-state index in [9.17, 15) is 9.18 Å². The second-order valence-electron chi connectivity index (χ2n) is 4.92. The lowest BCUT2D eigenvalue weighted by molar-refractivity contribution is 0.102. The van der Waals surface area contributed by atoms with Gasteiger partial charge in [0.2, 0.25) is 10.9 Å². The van der Waals surface area contributed by atoms with Gasteiger partial charge in [0.25, 0.3) is 5.91 Å². The molecule has 24 heavy (non-hydrogen) atoms. The summed E-state index contributed by atoms with van der Waals surface area (Å²) in [5.74, 6) is -0.292. The summed E-state index contributed by atoms with van der Waals surface area (Å²) in [4.78, 5) is 16.2. The number of hydrogen-bond donors (Lipinski definition) is 1. The second-order valence-corrected chi connectivity index (χ2v) is 5.99. The van der Waals surface area contributed by atoms with Crippen molar-refractivity contribution in [3.63, 3.8) is 0 Å². The Morgan fingerprint density at radius 3 is 2.71 bits per heavy atom. The molecule has 3 aromatic rings. The minimum atomic E-state index is -0.404. The van der Waals surface area contributed by atoms with E-state index < -0.39 is 5.91 Å². The van der Waals surface area contributed by atoms with Gasteiger partial charge in [0.1, 0.15) is 12.4 Å². The molecule has 1 N–H and O–H groups in total. The van der Waals surface area contributed by atoms with Gasteiger partial charge >= 0.3 is 0 Å². The van der Waals surface area contributed by atoms with Crippen molar-refractivity contribution in [1.29, 1.82) is 0 Å². The van der Waals surface area contributed by atoms with Gasteiger partial charge in [-0.3, -0.25) is 4.79 Å². The molecule has 8 heteroatoms. The number of carbonyl (C=O) groups excluding carboxylic acids is 1. The molecular weight excluding hydrogens is 331 g/mol. The van der Waals surface area contributed by atoms with Gasteiger partial charge < -0.3 is 10.1 Å². The van der Waals surface area contributed by atoms with Crippen LogP contribution in [0.15, 0.2) is 42.6 Å². The summed E-state index contributed by atoms with van der Waals surface area (Å²) in [6, 6.07) is 9.14. The number of nitrogens with zero attached hydrogens (tertiary/aromatic N) is 3. The number of rotatable bonds is 5. The highest BCUT2D eigenvalue weighted by molar-refractivity contribution is 7.13. The van der Waals surface area contributed by atoms with E-state index in [1.807, 2.05) is 13.0 Å². The Bertz CT molecular complexity index is 834. The first-order valence-corrected chi connectivity index (χ1v) is 7.86. The Morgan fingerprint density at radius 2 is 2.00 bits per heavy atom. The van der Waals surface area contributed by atoms with Gasteiger partial charge in [0.15, 0.2) is 5.01 Å². The van der Waals surface area contributed by atoms with Crippen molar-refractivity contribution in [3.8, 4) is 5.88 Å². The van der Waals surface area contributed by atoms with Gasteiger partial charge in [-0.15, -0.1) is 10.2 Å². The number of amides is 1. The predicted molar refractivity (Wildman–Crippen MR) is 87.6 cm³/mol. The standard InChI is InChI=1S/C16H13FN4O2S/c1-10-2-7-13(18-8-10)23-9-14-20-21-16(24-14)15(22)19-12-5-3-11(17)4-6-12/h2-8H,9H2,1H3,(H,19,22). The molecule has 0 aliphatic rings. The van der Waals surface area contributed by atoms with Crippen molar-refractivity contribution in [1.82, 2.24) is 15.2 Å². The maximum atomic E-state index is 12.8. The molecule has 0 radical (unpaired) electrons. The first-order valence-electron chi connectivity index (χ1n) is 7.05. The van der Waals surface area contributed by atoms with Crippen molar-refractivity contribution < 1.29 is 13.9 Å². The van der Waals surface area contributed by atoms with Gasteiger partial charge in [-0.25, -0.2) is 9.37 Å². The number of anilines is 1. The van der Waals surface area contributed by atoms with Gasteiger partial charge in [-0.1, -0.05) is 17.4 Å². The van der Waals surface area contributed by atoms with E-state index in [0.717, 1.165) is 16.9 Å². The van der Waals surface area contributed by atoms with Crippen molar-refractivity contribution >= 4 is 22.9 Å². The molecule has 2 aromatic heterocycles. The average Bonchev–Trinajstić information content (AvgIpc) is 3.06. The normalized spacial score (nSPS) is 10.4. The third-order valence-electron chi connectivity index (χ3n) is 2.99. The molecule has 0 fully saturated rings. The van der Waals surface area contributed by atoms with Crippen LogP contribution in [-0.2, 0) is 6.61 Å². The second kappa shape index (κ2) is 7.14. The molecule has 2 heterocycles. The van der Waals surface area contributed by atoms with E-state index >= 15 is 0 Å². The molecule has 6 nitrogen and oxygen atoms in total. The van der Waals surface area contributed by atoms with E-state index in [-0.39, 0.29) is 17.4 Å². The molecule has 0 aliphatic heterocycles. The Hall–Kier alpha value is -2.87. The summed E-state index contributed by atoms with van der Waals surface area (Å²) >= 11 is 1.12. The van der Waals surface area contributed by atoms with Crippen LogP contribution in [0.1, 0.15) is 20.4 Å². The van der Waals surface area contributed by atoms with Crippen LogP contribution in [0.4, 0.5) is 10.1 Å². The zero-order valence-corrected chi connectivity index (χ0v) is 13.5. The SMILES string of the molecule is Cc1ccc(OCc2nnc(C(=O)Nc3ccc(F)cc3)s2)nc1. The number of carbonyl (C=O) groups is 1. The maximum Gasteiger partial charge on any atom is 0.286 e. The summed E-state index contributed by atoms with van der Waals surface area (Å²) in [6.07, 6.45) is 1.71. The van der Waals surface area contributed by atoms with Crippen LogP contribution in [0.3, 0.4) is 0 Å². The van der Waals surface area contributed by atoms with E-state index in [1.165, 1.54) is 24.3 Å². The molecule has 0 unspecified atom stereocenters. The van der Waals surface area contributed by atoms with E-state index in [0.29, 0.717) is 16.6 Å². The first kappa shape index (κ1) is 16.0. The van der Waals surface area contributed by atoms with Crippen LogP contribution in [0, 0.1) is 12.7 Å². The molecule has 1 aromatic carbocycles. The molecule has 0 atom stereocenters. The number of pyridine rings is 1. The zero-order valence-electron chi connectivity index (χ0n) is 12.7. The largest absolute Gasteiger partial charge is 0.470 e. The smallest absolute Gasteiger partial charge is 0.286 e. The highest BCUT2D eigenvalue weighted by Gasteiger charge is 2.13. The molecule has 0 saturated carbocycles. The highest BCUT2D eigenvalue weighted by atomic mass is 32.1. The molecule has 3 rings (SSSR count). The maximum absolute atomic E-state index is 12.8. The Kier molecular flexibility index (Phi) is 4.76. The van der Waals surface area contributed by atoms with Gasteiger partial charge in [0, 0.05) is 18.0 Å². The van der Waals surface area contributed by atoms with Crippen molar-refractivity contribution in [2.45, 2.75) is 13.5 Å². The van der Waals surface area contributed by atoms with E-state index in [1.54, 1.807) is 12.3 Å². The Balaban J connectivity index is 1.59. The van der Waals surface area contributed by atoms with Gasteiger partial charge in [0.05, 0.1) is 0 Å². The predicted octanol–water partition coefficient (Wildman–Crippen LogP) is 3.21. The molecule has 1 amide bonds. The van der Waals surface area contributed by atoms with Crippen LogP contribution in [0.2, 0.25) is 0 Å². The summed E-state index contributed by atoms with van der Waals surface area (Å²) in [7, 11) is 0. The average molecular weight is 344 g/mol. The molecule has 0 spiro atoms. The highest BCUT2D eigenvalue weighted by Crippen LogP contribution is 2.16.